The first kappa shape index (κ1) is 13.9. The van der Waals surface area contributed by atoms with Crippen LogP contribution in [0.15, 0.2) is 5.16 Å². The molecule has 0 unspecified atom stereocenters. The number of fused-ring (bicyclic) bond motifs is 2. The Morgan fingerprint density at radius 1 is 1.40 bits per heavy atom. The predicted octanol–water partition coefficient (Wildman–Crippen LogP) is 2.00. The van der Waals surface area contributed by atoms with Crippen molar-refractivity contribution in [3.8, 4) is 0 Å². The number of amides is 1. The number of hydrogen-bond donors (Lipinski definition) is 1. The van der Waals surface area contributed by atoms with Crippen LogP contribution in [0, 0.1) is 18.8 Å². The van der Waals surface area contributed by atoms with Gasteiger partial charge >= 0.3 is 0 Å². The molecule has 2 aliphatic rings. The standard InChI is InChI=1S/C14H22N4OS/c1-3-18-9(2)16-17-14(18)20-8-13(19)15-12-7-10-4-5-11(12)6-10/h10-12H,3-8H2,1-2H3,(H,15,19)/t10-,11-,12+/m0/s1. The minimum Gasteiger partial charge on any atom is -0.352 e. The van der Waals surface area contributed by atoms with Crippen LogP contribution in [-0.2, 0) is 11.3 Å². The molecule has 3 rings (SSSR count). The summed E-state index contributed by atoms with van der Waals surface area (Å²) in [6.07, 6.45) is 5.17. The molecule has 2 saturated carbocycles. The normalized spacial score (nSPS) is 28.0. The van der Waals surface area contributed by atoms with Gasteiger partial charge in [-0.05, 0) is 44.9 Å². The quantitative estimate of drug-likeness (QED) is 0.844. The van der Waals surface area contributed by atoms with Gasteiger partial charge in [-0.3, -0.25) is 4.79 Å². The summed E-state index contributed by atoms with van der Waals surface area (Å²) in [4.78, 5) is 12.1. The molecule has 0 spiro atoms. The molecule has 1 amide bonds. The fourth-order valence-electron chi connectivity index (χ4n) is 3.63. The molecule has 0 aliphatic heterocycles. The monoisotopic (exact) mass is 294 g/mol. The SMILES string of the molecule is CCn1c(C)nnc1SCC(=O)N[C@@H]1C[C@H]2CC[C@H]1C2. The highest BCUT2D eigenvalue weighted by atomic mass is 32.2. The number of hydrogen-bond acceptors (Lipinski definition) is 4. The van der Waals surface area contributed by atoms with Crippen LogP contribution in [0.3, 0.4) is 0 Å². The second-order valence-corrected chi connectivity index (χ2v) is 6.85. The molecule has 20 heavy (non-hydrogen) atoms. The molecule has 1 heterocycles. The van der Waals surface area contributed by atoms with Gasteiger partial charge in [0.25, 0.3) is 0 Å². The first-order chi connectivity index (χ1) is 9.67. The van der Waals surface area contributed by atoms with Crippen LogP contribution in [0.25, 0.3) is 0 Å². The van der Waals surface area contributed by atoms with Crippen LogP contribution in [0.4, 0.5) is 0 Å². The fourth-order valence-corrected chi connectivity index (χ4v) is 4.49. The van der Waals surface area contributed by atoms with Crippen molar-refractivity contribution in [3.63, 3.8) is 0 Å². The van der Waals surface area contributed by atoms with Gasteiger partial charge in [0, 0.05) is 12.6 Å². The van der Waals surface area contributed by atoms with E-state index in [9.17, 15) is 4.79 Å². The molecular formula is C14H22N4OS. The number of aromatic nitrogens is 3. The lowest BCUT2D eigenvalue weighted by atomic mass is 9.95. The molecule has 2 aliphatic carbocycles. The Bertz CT molecular complexity index is 501. The van der Waals surface area contributed by atoms with E-state index >= 15 is 0 Å². The number of carbonyl (C=O) groups excluding carboxylic acids is 1. The highest BCUT2D eigenvalue weighted by molar-refractivity contribution is 7.99. The molecule has 5 nitrogen and oxygen atoms in total. The smallest absolute Gasteiger partial charge is 0.230 e. The Hall–Kier alpha value is -1.04. The van der Waals surface area contributed by atoms with Gasteiger partial charge in [-0.2, -0.15) is 0 Å². The fraction of sp³-hybridized carbons (Fsp3) is 0.786. The van der Waals surface area contributed by atoms with Crippen molar-refractivity contribution >= 4 is 17.7 Å². The van der Waals surface area contributed by atoms with E-state index in [0.717, 1.165) is 29.4 Å². The maximum absolute atomic E-state index is 12.1. The summed E-state index contributed by atoms with van der Waals surface area (Å²) >= 11 is 1.48. The largest absolute Gasteiger partial charge is 0.352 e. The number of rotatable bonds is 5. The summed E-state index contributed by atoms with van der Waals surface area (Å²) in [6.45, 7) is 4.85. The first-order valence-corrected chi connectivity index (χ1v) is 8.48. The summed E-state index contributed by atoms with van der Waals surface area (Å²) in [7, 11) is 0. The third-order valence-corrected chi connectivity index (χ3v) is 5.60. The second-order valence-electron chi connectivity index (χ2n) is 5.91. The van der Waals surface area contributed by atoms with Crippen molar-refractivity contribution in [2.75, 3.05) is 5.75 Å². The van der Waals surface area contributed by atoms with Crippen LogP contribution in [0.5, 0.6) is 0 Å². The lowest BCUT2D eigenvalue weighted by Crippen LogP contribution is -2.39. The van der Waals surface area contributed by atoms with Crippen molar-refractivity contribution in [2.45, 2.75) is 57.3 Å². The van der Waals surface area contributed by atoms with E-state index in [1.807, 2.05) is 11.5 Å². The Morgan fingerprint density at radius 2 is 2.25 bits per heavy atom. The first-order valence-electron chi connectivity index (χ1n) is 7.49. The number of carbonyl (C=O) groups is 1. The van der Waals surface area contributed by atoms with Crippen LogP contribution < -0.4 is 5.32 Å². The van der Waals surface area contributed by atoms with Crippen molar-refractivity contribution in [1.82, 2.24) is 20.1 Å². The van der Waals surface area contributed by atoms with Gasteiger partial charge in [0.2, 0.25) is 5.91 Å². The van der Waals surface area contributed by atoms with E-state index in [1.54, 1.807) is 0 Å². The molecule has 2 bridgehead atoms. The average molecular weight is 294 g/mol. The van der Waals surface area contributed by atoms with Gasteiger partial charge in [0.05, 0.1) is 5.75 Å². The average Bonchev–Trinajstić information content (AvgIpc) is 3.11. The van der Waals surface area contributed by atoms with Gasteiger partial charge in [-0.15, -0.1) is 10.2 Å². The van der Waals surface area contributed by atoms with Crippen molar-refractivity contribution < 1.29 is 4.79 Å². The molecule has 110 valence electrons. The van der Waals surface area contributed by atoms with Crippen LogP contribution >= 0.6 is 11.8 Å². The Morgan fingerprint density at radius 3 is 2.90 bits per heavy atom. The summed E-state index contributed by atoms with van der Waals surface area (Å²) in [6, 6.07) is 0.424. The summed E-state index contributed by atoms with van der Waals surface area (Å²) in [5.41, 5.74) is 0. The van der Waals surface area contributed by atoms with E-state index in [0.29, 0.717) is 11.8 Å². The van der Waals surface area contributed by atoms with Gasteiger partial charge in [0.1, 0.15) is 5.82 Å². The number of nitrogens with zero attached hydrogens (tertiary/aromatic N) is 3. The predicted molar refractivity (Wildman–Crippen MR) is 78.5 cm³/mol. The third-order valence-electron chi connectivity index (χ3n) is 4.63. The maximum Gasteiger partial charge on any atom is 0.230 e. The van der Waals surface area contributed by atoms with Crippen LogP contribution in [0.2, 0.25) is 0 Å². The Labute approximate surface area is 123 Å². The van der Waals surface area contributed by atoms with Crippen LogP contribution in [-0.4, -0.2) is 32.5 Å². The van der Waals surface area contributed by atoms with Crippen molar-refractivity contribution in [3.05, 3.63) is 5.82 Å². The molecule has 6 heteroatoms. The Balaban J connectivity index is 1.49. The van der Waals surface area contributed by atoms with E-state index in [2.05, 4.69) is 22.4 Å². The summed E-state index contributed by atoms with van der Waals surface area (Å²) in [5, 5.41) is 12.2. The molecule has 1 aromatic heterocycles. The lowest BCUT2D eigenvalue weighted by molar-refractivity contribution is -0.119. The highest BCUT2D eigenvalue weighted by Crippen LogP contribution is 2.44. The summed E-state index contributed by atoms with van der Waals surface area (Å²) in [5.74, 6) is 3.07. The number of aryl methyl sites for hydroxylation is 1. The lowest BCUT2D eigenvalue weighted by Gasteiger charge is -2.22. The van der Waals surface area contributed by atoms with Crippen molar-refractivity contribution in [1.29, 1.82) is 0 Å². The summed E-state index contributed by atoms with van der Waals surface area (Å²) < 4.78 is 2.04. The van der Waals surface area contributed by atoms with E-state index in [1.165, 1.54) is 37.4 Å². The van der Waals surface area contributed by atoms with Gasteiger partial charge in [-0.1, -0.05) is 18.2 Å². The molecular weight excluding hydrogens is 272 g/mol. The number of nitrogens with one attached hydrogen (secondary N) is 1. The van der Waals surface area contributed by atoms with E-state index in [-0.39, 0.29) is 5.91 Å². The zero-order chi connectivity index (χ0) is 14.1. The minimum atomic E-state index is 0.135. The van der Waals surface area contributed by atoms with Gasteiger partial charge in [0.15, 0.2) is 5.16 Å². The maximum atomic E-state index is 12.1. The molecule has 0 saturated heterocycles. The van der Waals surface area contributed by atoms with E-state index < -0.39 is 0 Å². The minimum absolute atomic E-state index is 0.135. The third kappa shape index (κ3) is 2.71. The molecule has 1 N–H and O–H groups in total. The van der Waals surface area contributed by atoms with Crippen LogP contribution in [0.1, 0.15) is 38.4 Å². The van der Waals surface area contributed by atoms with E-state index in [4.69, 9.17) is 0 Å². The highest BCUT2D eigenvalue weighted by Gasteiger charge is 2.39. The second kappa shape index (κ2) is 5.76. The topological polar surface area (TPSA) is 59.8 Å². The zero-order valence-electron chi connectivity index (χ0n) is 12.1. The molecule has 1 aromatic rings. The van der Waals surface area contributed by atoms with Crippen molar-refractivity contribution in [2.24, 2.45) is 11.8 Å². The molecule has 2 fully saturated rings. The molecule has 0 aromatic carbocycles. The molecule has 3 atom stereocenters. The zero-order valence-corrected chi connectivity index (χ0v) is 12.9. The van der Waals surface area contributed by atoms with Gasteiger partial charge in [-0.25, -0.2) is 0 Å². The number of thioether (sulfide) groups is 1. The van der Waals surface area contributed by atoms with Gasteiger partial charge < -0.3 is 9.88 Å². The molecule has 0 radical (unpaired) electrons. The Kier molecular flexibility index (Phi) is 4.01.